The van der Waals surface area contributed by atoms with Crippen LogP contribution in [-0.2, 0) is 12.8 Å². The van der Waals surface area contributed by atoms with E-state index in [0.717, 1.165) is 24.3 Å². The maximum atomic E-state index is 5.76. The van der Waals surface area contributed by atoms with Crippen LogP contribution in [0.4, 0.5) is 0 Å². The zero-order chi connectivity index (χ0) is 10.8. The zero-order valence-electron chi connectivity index (χ0n) is 9.14. The molecule has 4 nitrogen and oxygen atoms in total. The van der Waals surface area contributed by atoms with Gasteiger partial charge in [-0.3, -0.25) is 4.40 Å². The minimum atomic E-state index is 0.181. The molecule has 0 bridgehead atoms. The molecule has 0 aliphatic heterocycles. The highest BCUT2D eigenvalue weighted by molar-refractivity contribution is 5.41. The van der Waals surface area contributed by atoms with Crippen LogP contribution in [0.1, 0.15) is 25.2 Å². The Morgan fingerprint density at radius 1 is 1.47 bits per heavy atom. The summed E-state index contributed by atoms with van der Waals surface area (Å²) >= 11 is 0. The van der Waals surface area contributed by atoms with Crippen LogP contribution >= 0.6 is 0 Å². The summed E-state index contributed by atoms with van der Waals surface area (Å²) < 4.78 is 2.02. The van der Waals surface area contributed by atoms with E-state index >= 15 is 0 Å². The van der Waals surface area contributed by atoms with Gasteiger partial charge in [0.05, 0.1) is 0 Å². The normalized spacial score (nSPS) is 13.3. The topological polar surface area (TPSA) is 56.2 Å². The first-order valence-corrected chi connectivity index (χ1v) is 5.29. The first-order valence-electron chi connectivity index (χ1n) is 5.29. The molecule has 0 spiro atoms. The number of aromatic nitrogens is 3. The van der Waals surface area contributed by atoms with E-state index in [1.165, 1.54) is 5.56 Å². The van der Waals surface area contributed by atoms with E-state index < -0.39 is 0 Å². The summed E-state index contributed by atoms with van der Waals surface area (Å²) in [5.74, 6) is 0.998. The lowest BCUT2D eigenvalue weighted by Gasteiger charge is -2.05. The predicted octanol–water partition coefficient (Wildman–Crippen LogP) is 1.18. The molecule has 0 radical (unpaired) electrons. The van der Waals surface area contributed by atoms with E-state index in [1.807, 2.05) is 17.5 Å². The van der Waals surface area contributed by atoms with Crippen molar-refractivity contribution in [3.05, 3.63) is 29.7 Å². The Morgan fingerprint density at radius 3 is 2.93 bits per heavy atom. The molecule has 4 heteroatoms. The average Bonchev–Trinajstić information content (AvgIpc) is 2.58. The fourth-order valence-corrected chi connectivity index (χ4v) is 1.72. The molecule has 2 N–H and O–H groups in total. The largest absolute Gasteiger partial charge is 0.328 e. The molecule has 2 aromatic heterocycles. The van der Waals surface area contributed by atoms with Gasteiger partial charge in [-0.1, -0.05) is 6.92 Å². The third kappa shape index (κ3) is 1.99. The smallest absolute Gasteiger partial charge is 0.161 e. The number of aryl methyl sites for hydroxylation is 1. The Bertz CT molecular complexity index is 459. The summed E-state index contributed by atoms with van der Waals surface area (Å²) in [5, 5.41) is 8.25. The van der Waals surface area contributed by atoms with Gasteiger partial charge < -0.3 is 5.73 Å². The van der Waals surface area contributed by atoms with Crippen molar-refractivity contribution in [2.24, 2.45) is 5.73 Å². The molecule has 80 valence electrons. The van der Waals surface area contributed by atoms with E-state index in [9.17, 15) is 0 Å². The lowest BCUT2D eigenvalue weighted by Crippen LogP contribution is -2.17. The molecule has 2 aromatic rings. The molecule has 15 heavy (non-hydrogen) atoms. The van der Waals surface area contributed by atoms with Crippen molar-refractivity contribution >= 4 is 5.65 Å². The van der Waals surface area contributed by atoms with E-state index in [1.54, 1.807) is 0 Å². The van der Waals surface area contributed by atoms with Gasteiger partial charge in [-0.05, 0) is 31.0 Å². The molecule has 0 fully saturated rings. The van der Waals surface area contributed by atoms with Crippen LogP contribution in [0.3, 0.4) is 0 Å². The number of pyridine rings is 1. The van der Waals surface area contributed by atoms with E-state index in [4.69, 9.17) is 5.73 Å². The second-order valence-electron chi connectivity index (χ2n) is 3.91. The van der Waals surface area contributed by atoms with Crippen molar-refractivity contribution in [1.82, 2.24) is 14.6 Å². The van der Waals surface area contributed by atoms with Gasteiger partial charge in [-0.25, -0.2) is 0 Å². The molecule has 1 unspecified atom stereocenters. The Hall–Kier alpha value is -1.42. The summed E-state index contributed by atoms with van der Waals surface area (Å²) in [6, 6.07) is 4.31. The molecular weight excluding hydrogens is 188 g/mol. The molecular formula is C11H16N4. The van der Waals surface area contributed by atoms with Gasteiger partial charge in [-0.2, -0.15) is 0 Å². The van der Waals surface area contributed by atoms with Crippen LogP contribution < -0.4 is 5.73 Å². The van der Waals surface area contributed by atoms with E-state index in [0.29, 0.717) is 0 Å². The molecule has 2 rings (SSSR count). The highest BCUT2D eigenvalue weighted by Crippen LogP contribution is 2.09. The van der Waals surface area contributed by atoms with Gasteiger partial charge in [-0.15, -0.1) is 10.2 Å². The SMILES string of the molecule is CCc1nnc2cc(CC(C)N)ccn12. The minimum absolute atomic E-state index is 0.181. The van der Waals surface area contributed by atoms with Crippen LogP contribution in [0.25, 0.3) is 5.65 Å². The number of hydrogen-bond donors (Lipinski definition) is 1. The standard InChI is InChI=1S/C11H16N4/c1-3-10-13-14-11-7-9(6-8(2)12)4-5-15(10)11/h4-5,7-8H,3,6,12H2,1-2H3. The summed E-state index contributed by atoms with van der Waals surface area (Å²) in [4.78, 5) is 0. The minimum Gasteiger partial charge on any atom is -0.328 e. The fourth-order valence-electron chi connectivity index (χ4n) is 1.72. The van der Waals surface area contributed by atoms with Crippen molar-refractivity contribution in [2.75, 3.05) is 0 Å². The number of hydrogen-bond acceptors (Lipinski definition) is 3. The maximum Gasteiger partial charge on any atom is 0.161 e. The number of nitrogens with two attached hydrogens (primary N) is 1. The molecule has 0 saturated heterocycles. The highest BCUT2D eigenvalue weighted by atomic mass is 15.2. The maximum absolute atomic E-state index is 5.76. The van der Waals surface area contributed by atoms with Crippen LogP contribution in [0, 0.1) is 0 Å². The predicted molar refractivity (Wildman–Crippen MR) is 59.7 cm³/mol. The second kappa shape index (κ2) is 3.98. The van der Waals surface area contributed by atoms with Gasteiger partial charge >= 0.3 is 0 Å². The van der Waals surface area contributed by atoms with Crippen LogP contribution in [0.15, 0.2) is 18.3 Å². The Balaban J connectivity index is 2.39. The van der Waals surface area contributed by atoms with Gasteiger partial charge in [0.25, 0.3) is 0 Å². The van der Waals surface area contributed by atoms with Gasteiger partial charge in [0, 0.05) is 18.7 Å². The third-order valence-corrected chi connectivity index (χ3v) is 2.42. The van der Waals surface area contributed by atoms with Crippen molar-refractivity contribution < 1.29 is 0 Å². The summed E-state index contributed by atoms with van der Waals surface area (Å²) in [5.41, 5.74) is 7.88. The third-order valence-electron chi connectivity index (χ3n) is 2.42. The zero-order valence-corrected chi connectivity index (χ0v) is 9.14. The molecule has 0 saturated carbocycles. The van der Waals surface area contributed by atoms with Crippen molar-refractivity contribution in [3.8, 4) is 0 Å². The molecule has 0 aromatic carbocycles. The first-order chi connectivity index (χ1) is 7.20. The average molecular weight is 204 g/mol. The van der Waals surface area contributed by atoms with Crippen LogP contribution in [0.5, 0.6) is 0 Å². The van der Waals surface area contributed by atoms with Crippen LogP contribution in [0.2, 0.25) is 0 Å². The van der Waals surface area contributed by atoms with Crippen molar-refractivity contribution in [3.63, 3.8) is 0 Å². The van der Waals surface area contributed by atoms with Crippen molar-refractivity contribution in [2.45, 2.75) is 32.7 Å². The van der Waals surface area contributed by atoms with Gasteiger partial charge in [0.15, 0.2) is 5.65 Å². The number of nitrogens with zero attached hydrogens (tertiary/aromatic N) is 3. The Labute approximate surface area is 89.1 Å². The molecule has 1 atom stereocenters. The first kappa shape index (κ1) is 10.1. The van der Waals surface area contributed by atoms with E-state index in [-0.39, 0.29) is 6.04 Å². The lowest BCUT2D eigenvalue weighted by molar-refractivity contribution is 0.737. The Morgan fingerprint density at radius 2 is 2.27 bits per heavy atom. The fraction of sp³-hybridized carbons (Fsp3) is 0.455. The van der Waals surface area contributed by atoms with Gasteiger partial charge in [0.2, 0.25) is 0 Å². The number of fused-ring (bicyclic) bond motifs is 1. The quantitative estimate of drug-likeness (QED) is 0.816. The van der Waals surface area contributed by atoms with Gasteiger partial charge in [0.1, 0.15) is 5.82 Å². The molecule has 0 aliphatic rings. The lowest BCUT2D eigenvalue weighted by atomic mass is 10.1. The van der Waals surface area contributed by atoms with E-state index in [2.05, 4.69) is 29.3 Å². The Kier molecular flexibility index (Phi) is 2.68. The molecule has 2 heterocycles. The molecule has 0 aliphatic carbocycles. The summed E-state index contributed by atoms with van der Waals surface area (Å²) in [6.07, 6.45) is 3.80. The second-order valence-corrected chi connectivity index (χ2v) is 3.91. The highest BCUT2D eigenvalue weighted by Gasteiger charge is 2.04. The van der Waals surface area contributed by atoms with Crippen molar-refractivity contribution in [1.29, 1.82) is 0 Å². The summed E-state index contributed by atoms with van der Waals surface area (Å²) in [7, 11) is 0. The van der Waals surface area contributed by atoms with Crippen LogP contribution in [-0.4, -0.2) is 20.6 Å². The summed E-state index contributed by atoms with van der Waals surface area (Å²) in [6.45, 7) is 4.08. The number of rotatable bonds is 3. The molecule has 0 amide bonds. The monoisotopic (exact) mass is 204 g/mol.